The molecule has 1 rings (SSSR count). The molecule has 1 aliphatic carbocycles. The number of alkyl halides is 1. The zero-order chi connectivity index (χ0) is 10.1. The molecule has 0 spiro atoms. The van der Waals surface area contributed by atoms with Crippen molar-refractivity contribution < 1.29 is 9.18 Å². The van der Waals surface area contributed by atoms with Crippen LogP contribution in [0.25, 0.3) is 0 Å². The number of halogens is 1. The molecule has 0 bridgehead atoms. The third-order valence-corrected chi connectivity index (χ3v) is 2.57. The standard InChI is InChI=1S/C10H14FNO/c1-4-7(5-2)12-9(13)10(3)6-8(10)11/h1,7-8H,5-6H2,2-3H3,(H,12,13). The summed E-state index contributed by atoms with van der Waals surface area (Å²) in [6.07, 6.45) is 5.17. The van der Waals surface area contributed by atoms with Gasteiger partial charge in [-0.15, -0.1) is 6.42 Å². The maximum Gasteiger partial charge on any atom is 0.229 e. The number of amides is 1. The fourth-order valence-electron chi connectivity index (χ4n) is 1.13. The smallest absolute Gasteiger partial charge is 0.229 e. The third kappa shape index (κ3) is 1.82. The molecule has 1 amide bonds. The van der Waals surface area contributed by atoms with Gasteiger partial charge in [0.05, 0.1) is 11.5 Å². The Bertz CT molecular complexity index is 258. The van der Waals surface area contributed by atoms with Crippen molar-refractivity contribution in [1.29, 1.82) is 0 Å². The van der Waals surface area contributed by atoms with Crippen molar-refractivity contribution in [2.24, 2.45) is 5.41 Å². The number of hydrogen-bond donors (Lipinski definition) is 1. The summed E-state index contributed by atoms with van der Waals surface area (Å²) < 4.78 is 12.8. The lowest BCUT2D eigenvalue weighted by molar-refractivity contribution is -0.126. The zero-order valence-corrected chi connectivity index (χ0v) is 7.93. The SMILES string of the molecule is C#CC(CC)NC(=O)C1(C)CC1F. The van der Waals surface area contributed by atoms with Crippen LogP contribution in [0, 0.1) is 17.8 Å². The predicted molar refractivity (Wildman–Crippen MR) is 48.7 cm³/mol. The lowest BCUT2D eigenvalue weighted by atomic mass is 10.1. The summed E-state index contributed by atoms with van der Waals surface area (Å²) in [5.74, 6) is 2.18. The van der Waals surface area contributed by atoms with E-state index in [1.54, 1.807) is 6.92 Å². The van der Waals surface area contributed by atoms with Crippen LogP contribution < -0.4 is 5.32 Å². The molecule has 2 nitrogen and oxygen atoms in total. The summed E-state index contributed by atoms with van der Waals surface area (Å²) in [6, 6.07) is -0.267. The van der Waals surface area contributed by atoms with Crippen LogP contribution in [0.4, 0.5) is 4.39 Å². The molecule has 72 valence electrons. The Balaban J connectivity index is 2.47. The second-order valence-corrected chi connectivity index (χ2v) is 3.69. The predicted octanol–water partition coefficient (Wildman–Crippen LogP) is 1.26. The monoisotopic (exact) mass is 183 g/mol. The largest absolute Gasteiger partial charge is 0.342 e. The Morgan fingerprint density at radius 2 is 2.46 bits per heavy atom. The molecule has 0 aromatic rings. The molecule has 0 aliphatic heterocycles. The van der Waals surface area contributed by atoms with E-state index in [1.165, 1.54) is 0 Å². The van der Waals surface area contributed by atoms with Crippen molar-refractivity contribution in [2.45, 2.75) is 38.9 Å². The van der Waals surface area contributed by atoms with Gasteiger partial charge in [-0.3, -0.25) is 4.79 Å². The highest BCUT2D eigenvalue weighted by atomic mass is 19.1. The van der Waals surface area contributed by atoms with Crippen LogP contribution in [0.1, 0.15) is 26.7 Å². The Morgan fingerprint density at radius 1 is 1.92 bits per heavy atom. The minimum atomic E-state index is -0.997. The summed E-state index contributed by atoms with van der Waals surface area (Å²) in [7, 11) is 0. The summed E-state index contributed by atoms with van der Waals surface area (Å²) in [6.45, 7) is 3.50. The summed E-state index contributed by atoms with van der Waals surface area (Å²) in [4.78, 5) is 11.4. The van der Waals surface area contributed by atoms with E-state index in [4.69, 9.17) is 6.42 Å². The van der Waals surface area contributed by atoms with Crippen LogP contribution in [0.15, 0.2) is 0 Å². The van der Waals surface area contributed by atoms with Crippen LogP contribution in [0.2, 0.25) is 0 Å². The number of terminal acetylenes is 1. The first-order valence-electron chi connectivity index (χ1n) is 4.45. The van der Waals surface area contributed by atoms with Crippen molar-refractivity contribution in [2.75, 3.05) is 0 Å². The molecular formula is C10H14FNO. The van der Waals surface area contributed by atoms with Crippen molar-refractivity contribution >= 4 is 5.91 Å². The van der Waals surface area contributed by atoms with Crippen LogP contribution in [-0.2, 0) is 4.79 Å². The molecule has 13 heavy (non-hydrogen) atoms. The van der Waals surface area contributed by atoms with E-state index in [0.29, 0.717) is 12.8 Å². The van der Waals surface area contributed by atoms with Crippen molar-refractivity contribution in [3.63, 3.8) is 0 Å². The van der Waals surface area contributed by atoms with Crippen molar-refractivity contribution in [1.82, 2.24) is 5.32 Å². The van der Waals surface area contributed by atoms with Gasteiger partial charge in [-0.25, -0.2) is 4.39 Å². The molecular weight excluding hydrogens is 169 g/mol. The topological polar surface area (TPSA) is 29.1 Å². The van der Waals surface area contributed by atoms with Crippen LogP contribution in [-0.4, -0.2) is 18.1 Å². The van der Waals surface area contributed by atoms with E-state index in [2.05, 4.69) is 11.2 Å². The van der Waals surface area contributed by atoms with E-state index in [-0.39, 0.29) is 11.9 Å². The first kappa shape index (κ1) is 10.0. The Morgan fingerprint density at radius 3 is 2.77 bits per heavy atom. The summed E-state index contributed by atoms with van der Waals surface area (Å²) in [5, 5.41) is 2.63. The van der Waals surface area contributed by atoms with Gasteiger partial charge >= 0.3 is 0 Å². The highest BCUT2D eigenvalue weighted by molar-refractivity contribution is 5.86. The van der Waals surface area contributed by atoms with E-state index in [0.717, 1.165) is 0 Å². The van der Waals surface area contributed by atoms with Gasteiger partial charge in [0.15, 0.2) is 0 Å². The quantitative estimate of drug-likeness (QED) is 0.656. The highest BCUT2D eigenvalue weighted by Crippen LogP contribution is 2.48. The van der Waals surface area contributed by atoms with Gasteiger partial charge in [-0.05, 0) is 19.8 Å². The third-order valence-electron chi connectivity index (χ3n) is 2.57. The molecule has 0 aromatic heterocycles. The molecule has 1 saturated carbocycles. The number of carbonyl (C=O) groups is 1. The molecule has 3 unspecified atom stereocenters. The van der Waals surface area contributed by atoms with Gasteiger partial charge in [0.25, 0.3) is 0 Å². The number of nitrogens with one attached hydrogen (secondary N) is 1. The molecule has 1 N–H and O–H groups in total. The average Bonchev–Trinajstić information content (AvgIpc) is 2.71. The second kappa shape index (κ2) is 3.37. The first-order chi connectivity index (χ1) is 6.04. The van der Waals surface area contributed by atoms with Gasteiger partial charge in [0.2, 0.25) is 5.91 Å². The lowest BCUT2D eigenvalue weighted by Gasteiger charge is -2.14. The molecule has 3 atom stereocenters. The first-order valence-corrected chi connectivity index (χ1v) is 4.45. The Hall–Kier alpha value is -1.04. The van der Waals surface area contributed by atoms with Crippen molar-refractivity contribution in [3.8, 4) is 12.3 Å². The molecule has 1 fully saturated rings. The van der Waals surface area contributed by atoms with E-state index in [1.807, 2.05) is 6.92 Å². The minimum absolute atomic E-state index is 0.259. The number of hydrogen-bond acceptors (Lipinski definition) is 1. The number of carbonyl (C=O) groups excluding carboxylic acids is 1. The number of rotatable bonds is 3. The molecule has 3 heteroatoms. The fourth-order valence-corrected chi connectivity index (χ4v) is 1.13. The molecule has 0 aromatic carbocycles. The Labute approximate surface area is 77.9 Å². The minimum Gasteiger partial charge on any atom is -0.342 e. The van der Waals surface area contributed by atoms with Crippen molar-refractivity contribution in [3.05, 3.63) is 0 Å². The zero-order valence-electron chi connectivity index (χ0n) is 7.93. The van der Waals surface area contributed by atoms with E-state index >= 15 is 0 Å². The van der Waals surface area contributed by atoms with Crippen LogP contribution in [0.3, 0.4) is 0 Å². The van der Waals surface area contributed by atoms with Crippen LogP contribution in [0.5, 0.6) is 0 Å². The van der Waals surface area contributed by atoms with E-state index < -0.39 is 11.6 Å². The maximum atomic E-state index is 12.8. The molecule has 1 aliphatic rings. The Kier molecular flexibility index (Phi) is 2.60. The van der Waals surface area contributed by atoms with E-state index in [9.17, 15) is 9.18 Å². The fraction of sp³-hybridized carbons (Fsp3) is 0.700. The van der Waals surface area contributed by atoms with Gasteiger partial charge in [-0.1, -0.05) is 12.8 Å². The second-order valence-electron chi connectivity index (χ2n) is 3.69. The summed E-state index contributed by atoms with van der Waals surface area (Å²) >= 11 is 0. The van der Waals surface area contributed by atoms with Gasteiger partial charge in [0.1, 0.15) is 6.17 Å². The maximum absolute atomic E-state index is 12.8. The van der Waals surface area contributed by atoms with Gasteiger partial charge < -0.3 is 5.32 Å². The normalized spacial score (nSPS) is 33.2. The molecule has 0 saturated heterocycles. The molecule has 0 radical (unpaired) electrons. The highest BCUT2D eigenvalue weighted by Gasteiger charge is 2.57. The average molecular weight is 183 g/mol. The lowest BCUT2D eigenvalue weighted by Crippen LogP contribution is -2.38. The van der Waals surface area contributed by atoms with Crippen LogP contribution >= 0.6 is 0 Å². The van der Waals surface area contributed by atoms with Gasteiger partial charge in [0, 0.05) is 0 Å². The molecule has 0 heterocycles. The van der Waals surface area contributed by atoms with Gasteiger partial charge in [-0.2, -0.15) is 0 Å². The summed E-state index contributed by atoms with van der Waals surface area (Å²) in [5.41, 5.74) is -0.815.